The number of halogens is 1. The van der Waals surface area contributed by atoms with Crippen LogP contribution in [-0.2, 0) is 11.2 Å². The van der Waals surface area contributed by atoms with Crippen LogP contribution in [0.4, 0.5) is 0 Å². The predicted octanol–water partition coefficient (Wildman–Crippen LogP) is 3.71. The Hall–Kier alpha value is -0.880. The number of hydrogen-bond acceptors (Lipinski definition) is 2. The third-order valence-corrected chi connectivity index (χ3v) is 4.19. The van der Waals surface area contributed by atoms with E-state index in [1.54, 1.807) is 13.3 Å². The van der Waals surface area contributed by atoms with Crippen LogP contribution in [0.25, 0.3) is 10.9 Å². The van der Waals surface area contributed by atoms with E-state index in [1.165, 1.54) is 5.56 Å². The van der Waals surface area contributed by atoms with Gasteiger partial charge in [-0.05, 0) is 37.0 Å². The lowest BCUT2D eigenvalue weighted by Gasteiger charge is -2.07. The Kier molecular flexibility index (Phi) is 4.77. The van der Waals surface area contributed by atoms with E-state index in [0.29, 0.717) is 0 Å². The number of fused-ring (bicyclic) bond motifs is 1. The summed E-state index contributed by atoms with van der Waals surface area (Å²) < 4.78 is 5.50. The molecule has 1 N–H and O–H groups in total. The molecule has 1 atom stereocenters. The molecule has 1 aromatic carbocycles. The van der Waals surface area contributed by atoms with E-state index in [4.69, 9.17) is 4.74 Å². The van der Waals surface area contributed by atoms with Gasteiger partial charge in [-0.2, -0.15) is 0 Å². The Balaban J connectivity index is 2.07. The number of alkyl halides is 1. The van der Waals surface area contributed by atoms with Crippen molar-refractivity contribution in [2.24, 2.45) is 0 Å². The maximum atomic E-state index is 10.9. The molecule has 0 saturated heterocycles. The lowest BCUT2D eigenvalue weighted by molar-refractivity contribution is 0.112. The van der Waals surface area contributed by atoms with Crippen molar-refractivity contribution in [1.82, 2.24) is 4.98 Å². The number of aromatic nitrogens is 1. The molecular weight excluding hydrogens is 341 g/mol. The average Bonchev–Trinajstić information content (AvgIpc) is 2.80. The van der Waals surface area contributed by atoms with E-state index < -0.39 is 0 Å². The van der Waals surface area contributed by atoms with Crippen LogP contribution in [0.2, 0.25) is 0 Å². The zero-order valence-electron chi connectivity index (χ0n) is 10.3. The zero-order valence-corrected chi connectivity index (χ0v) is 12.4. The van der Waals surface area contributed by atoms with Crippen molar-refractivity contribution in [3.05, 3.63) is 35.5 Å². The van der Waals surface area contributed by atoms with Crippen LogP contribution in [0.15, 0.2) is 24.4 Å². The lowest BCUT2D eigenvalue weighted by Crippen LogP contribution is -2.00. The fourth-order valence-corrected chi connectivity index (χ4v) is 2.47. The van der Waals surface area contributed by atoms with Crippen molar-refractivity contribution in [3.63, 3.8) is 0 Å². The number of carbonyl (C=O) groups is 1. The molecule has 0 aliphatic carbocycles. The molecule has 3 nitrogen and oxygen atoms in total. The smallest absolute Gasteiger partial charge is 0.152 e. The van der Waals surface area contributed by atoms with Gasteiger partial charge in [0.2, 0.25) is 0 Å². The maximum Gasteiger partial charge on any atom is 0.152 e. The number of carbonyl (C=O) groups excluding carboxylic acids is 1. The Bertz CT molecular complexity index is 536. The molecule has 0 aliphatic heterocycles. The highest BCUT2D eigenvalue weighted by Crippen LogP contribution is 2.20. The first-order valence-electron chi connectivity index (χ1n) is 5.96. The number of H-pyrrole nitrogens is 1. The van der Waals surface area contributed by atoms with Crippen molar-refractivity contribution in [2.45, 2.75) is 23.4 Å². The molecule has 0 saturated carbocycles. The summed E-state index contributed by atoms with van der Waals surface area (Å²) >= 11 is 2.30. The second kappa shape index (κ2) is 6.33. The van der Waals surface area contributed by atoms with Gasteiger partial charge in [0.1, 0.15) is 4.11 Å². The van der Waals surface area contributed by atoms with Crippen molar-refractivity contribution in [1.29, 1.82) is 0 Å². The molecule has 1 unspecified atom stereocenters. The van der Waals surface area contributed by atoms with Crippen LogP contribution >= 0.6 is 22.6 Å². The normalized spacial score (nSPS) is 12.8. The number of aryl methyl sites for hydroxylation is 1. The van der Waals surface area contributed by atoms with E-state index in [1.807, 2.05) is 6.07 Å². The summed E-state index contributed by atoms with van der Waals surface area (Å²) in [7, 11) is 1.74. The maximum absolute atomic E-state index is 10.9. The molecule has 0 amide bonds. The minimum atomic E-state index is 0.282. The summed E-state index contributed by atoms with van der Waals surface area (Å²) in [6.45, 7) is 0. The first-order chi connectivity index (χ1) is 8.74. The molecule has 1 heterocycles. The number of benzene rings is 1. The van der Waals surface area contributed by atoms with E-state index >= 15 is 0 Å². The van der Waals surface area contributed by atoms with Crippen molar-refractivity contribution in [2.75, 3.05) is 7.11 Å². The first-order valence-corrected chi connectivity index (χ1v) is 7.21. The van der Waals surface area contributed by atoms with Crippen molar-refractivity contribution in [3.8, 4) is 0 Å². The molecular formula is C14H16INO2. The highest BCUT2D eigenvalue weighted by Gasteiger charge is 2.05. The second-order valence-electron chi connectivity index (χ2n) is 4.28. The van der Waals surface area contributed by atoms with Crippen LogP contribution in [0.1, 0.15) is 28.8 Å². The Morgan fingerprint density at radius 2 is 2.33 bits per heavy atom. The quantitative estimate of drug-likeness (QED) is 0.487. The van der Waals surface area contributed by atoms with Crippen molar-refractivity contribution < 1.29 is 9.53 Å². The largest absolute Gasteiger partial charge is 0.371 e. The molecule has 2 rings (SSSR count). The van der Waals surface area contributed by atoms with Gasteiger partial charge in [-0.3, -0.25) is 4.79 Å². The Morgan fingerprint density at radius 3 is 3.06 bits per heavy atom. The molecule has 1 aromatic heterocycles. The minimum absolute atomic E-state index is 0.282. The van der Waals surface area contributed by atoms with Gasteiger partial charge in [-0.15, -0.1) is 0 Å². The number of hydrogen-bond donors (Lipinski definition) is 1. The molecule has 0 radical (unpaired) electrons. The molecule has 96 valence electrons. The highest BCUT2D eigenvalue weighted by molar-refractivity contribution is 14.1. The topological polar surface area (TPSA) is 42.1 Å². The van der Waals surface area contributed by atoms with Gasteiger partial charge in [0.25, 0.3) is 0 Å². The summed E-state index contributed by atoms with van der Waals surface area (Å²) in [5.74, 6) is 0. The first kappa shape index (κ1) is 13.5. The second-order valence-corrected chi connectivity index (χ2v) is 5.67. The zero-order chi connectivity index (χ0) is 13.0. The number of aldehydes is 1. The molecule has 0 spiro atoms. The molecule has 18 heavy (non-hydrogen) atoms. The SMILES string of the molecule is COC(I)CCCc1ccc2[nH]cc(C=O)c2c1. The van der Waals surface area contributed by atoms with Crippen LogP contribution < -0.4 is 0 Å². The summed E-state index contributed by atoms with van der Waals surface area (Å²) in [4.78, 5) is 14.0. The molecule has 0 bridgehead atoms. The standard InChI is InChI=1S/C14H16INO2/c1-18-14(15)4-2-3-10-5-6-13-12(7-10)11(9-17)8-16-13/h5-9,14,16H,2-4H2,1H3. The van der Waals surface area contributed by atoms with Gasteiger partial charge >= 0.3 is 0 Å². The van der Waals surface area contributed by atoms with Crippen LogP contribution in [-0.4, -0.2) is 22.5 Å². The summed E-state index contributed by atoms with van der Waals surface area (Å²) in [5, 5.41) is 1.01. The van der Waals surface area contributed by atoms with E-state index in [0.717, 1.165) is 42.0 Å². The third kappa shape index (κ3) is 3.11. The van der Waals surface area contributed by atoms with Gasteiger partial charge < -0.3 is 9.72 Å². The Labute approximate surface area is 120 Å². The van der Waals surface area contributed by atoms with E-state index in [2.05, 4.69) is 39.7 Å². The number of aromatic amines is 1. The molecule has 2 aromatic rings. The van der Waals surface area contributed by atoms with Gasteiger partial charge in [-0.25, -0.2) is 0 Å². The van der Waals surface area contributed by atoms with Crippen LogP contribution in [0.5, 0.6) is 0 Å². The highest BCUT2D eigenvalue weighted by atomic mass is 127. The number of ether oxygens (including phenoxy) is 1. The lowest BCUT2D eigenvalue weighted by atomic mass is 10.0. The molecule has 0 fully saturated rings. The predicted molar refractivity (Wildman–Crippen MR) is 81.4 cm³/mol. The fourth-order valence-electron chi connectivity index (χ4n) is 2.03. The average molecular weight is 357 g/mol. The molecule has 0 aliphatic rings. The Morgan fingerprint density at radius 1 is 1.50 bits per heavy atom. The van der Waals surface area contributed by atoms with Gasteiger partial charge in [0.05, 0.1) is 0 Å². The van der Waals surface area contributed by atoms with Gasteiger partial charge in [-0.1, -0.05) is 28.7 Å². The monoisotopic (exact) mass is 357 g/mol. The minimum Gasteiger partial charge on any atom is -0.371 e. The van der Waals surface area contributed by atoms with E-state index in [-0.39, 0.29) is 4.11 Å². The van der Waals surface area contributed by atoms with E-state index in [9.17, 15) is 4.79 Å². The van der Waals surface area contributed by atoms with Crippen molar-refractivity contribution >= 4 is 39.8 Å². The third-order valence-electron chi connectivity index (χ3n) is 3.06. The number of methoxy groups -OCH3 is 1. The fraction of sp³-hybridized carbons (Fsp3) is 0.357. The van der Waals surface area contributed by atoms with Gasteiger partial charge in [0, 0.05) is 29.8 Å². The number of nitrogens with one attached hydrogen (secondary N) is 1. The summed E-state index contributed by atoms with van der Waals surface area (Å²) in [6.07, 6.45) is 5.81. The summed E-state index contributed by atoms with van der Waals surface area (Å²) in [6, 6.07) is 6.25. The van der Waals surface area contributed by atoms with Crippen LogP contribution in [0, 0.1) is 0 Å². The molecule has 4 heteroatoms. The number of rotatable bonds is 6. The van der Waals surface area contributed by atoms with Crippen LogP contribution in [0.3, 0.4) is 0 Å². The summed E-state index contributed by atoms with van der Waals surface area (Å²) in [5.41, 5.74) is 3.02. The van der Waals surface area contributed by atoms with Gasteiger partial charge in [0.15, 0.2) is 6.29 Å².